The van der Waals surface area contributed by atoms with Crippen molar-refractivity contribution < 1.29 is 30.0 Å². The second-order valence-corrected chi connectivity index (χ2v) is 6.97. The summed E-state index contributed by atoms with van der Waals surface area (Å²) in [5, 5.41) is 16.1. The Morgan fingerprint density at radius 1 is 0.867 bits per heavy atom. The van der Waals surface area contributed by atoms with Crippen molar-refractivity contribution in [2.24, 2.45) is 4.99 Å². The summed E-state index contributed by atoms with van der Waals surface area (Å²) >= 11 is 0. The minimum atomic E-state index is -0.125. The van der Waals surface area contributed by atoms with Crippen LogP contribution in [0.25, 0.3) is 32.3 Å². The van der Waals surface area contributed by atoms with E-state index in [1.54, 1.807) is 0 Å². The fourth-order valence-corrected chi connectivity index (χ4v) is 3.47. The molecule has 30 heavy (non-hydrogen) atoms. The Balaban J connectivity index is 0.000000350. The molecular formula is C26H24IrNO2-. The van der Waals surface area contributed by atoms with Gasteiger partial charge in [-0.15, -0.1) is 23.8 Å². The quantitative estimate of drug-likeness (QED) is 0.0988. The number of rotatable bonds is 2. The molecule has 155 valence electrons. The van der Waals surface area contributed by atoms with Crippen LogP contribution < -0.4 is 0 Å². The monoisotopic (exact) mass is 575 g/mol. The van der Waals surface area contributed by atoms with Crippen LogP contribution in [0.15, 0.2) is 77.5 Å². The molecule has 1 radical (unpaired) electrons. The molecule has 0 unspecified atom stereocenters. The van der Waals surface area contributed by atoms with Crippen molar-refractivity contribution in [3.05, 3.63) is 84.1 Å². The fourth-order valence-electron chi connectivity index (χ4n) is 3.47. The SMILES string of the molecule is CC(=O)/C=C(/C)O.CN=C(C)c1[c-]cc2c3ccccc3c3ccccc3c2c1.[Ir]. The molecule has 4 aromatic carbocycles. The number of fused-ring (bicyclic) bond motifs is 6. The summed E-state index contributed by atoms with van der Waals surface area (Å²) < 4.78 is 0. The zero-order chi connectivity index (χ0) is 21.0. The molecule has 1 N–H and O–H groups in total. The van der Waals surface area contributed by atoms with Crippen molar-refractivity contribution >= 4 is 43.8 Å². The van der Waals surface area contributed by atoms with Gasteiger partial charge in [-0.05, 0) is 35.7 Å². The van der Waals surface area contributed by atoms with Crippen LogP contribution in [0.3, 0.4) is 0 Å². The number of carbonyl (C=O) groups excluding carboxylic acids is 1. The van der Waals surface area contributed by atoms with Crippen molar-refractivity contribution in [1.29, 1.82) is 0 Å². The summed E-state index contributed by atoms with van der Waals surface area (Å²) in [6, 6.07) is 24.9. The molecule has 0 heterocycles. The van der Waals surface area contributed by atoms with E-state index in [-0.39, 0.29) is 31.6 Å². The smallest absolute Gasteiger partial charge is 0.155 e. The Morgan fingerprint density at radius 3 is 1.73 bits per heavy atom. The van der Waals surface area contributed by atoms with Crippen molar-refractivity contribution in [2.45, 2.75) is 20.8 Å². The number of benzene rings is 4. The fraction of sp³-hybridized carbons (Fsp3) is 0.154. The van der Waals surface area contributed by atoms with Gasteiger partial charge in [-0.2, -0.15) is 0 Å². The Morgan fingerprint density at radius 2 is 1.33 bits per heavy atom. The minimum Gasteiger partial charge on any atom is -0.512 e. The normalized spacial score (nSPS) is 11.7. The predicted molar refractivity (Wildman–Crippen MR) is 123 cm³/mol. The minimum absolute atomic E-state index is 0. The van der Waals surface area contributed by atoms with Crippen molar-refractivity contribution in [2.75, 3.05) is 7.05 Å². The number of carbonyl (C=O) groups is 1. The van der Waals surface area contributed by atoms with Crippen molar-refractivity contribution in [1.82, 2.24) is 0 Å². The van der Waals surface area contributed by atoms with Crippen LogP contribution in [-0.4, -0.2) is 23.6 Å². The predicted octanol–water partition coefficient (Wildman–Crippen LogP) is 6.42. The molecule has 0 amide bonds. The maximum atomic E-state index is 10.0. The molecular weight excluding hydrogens is 551 g/mol. The third-order valence-corrected chi connectivity index (χ3v) is 4.81. The molecule has 0 aromatic heterocycles. The Labute approximate surface area is 190 Å². The van der Waals surface area contributed by atoms with E-state index in [1.807, 2.05) is 14.0 Å². The Bertz CT molecular complexity index is 1230. The number of aliphatic hydroxyl groups is 1. The van der Waals surface area contributed by atoms with Gasteiger partial charge in [0.15, 0.2) is 5.78 Å². The number of ketones is 1. The van der Waals surface area contributed by atoms with E-state index in [9.17, 15) is 4.79 Å². The van der Waals surface area contributed by atoms with Gasteiger partial charge in [-0.1, -0.05) is 71.6 Å². The van der Waals surface area contributed by atoms with Crippen LogP contribution in [0.2, 0.25) is 0 Å². The molecule has 0 bridgehead atoms. The molecule has 0 fully saturated rings. The number of aliphatic imine (C=N–C) groups is 1. The van der Waals surface area contributed by atoms with Gasteiger partial charge in [-0.25, -0.2) is 0 Å². The first kappa shape index (κ1) is 23.5. The summed E-state index contributed by atoms with van der Waals surface area (Å²) in [6.45, 7) is 4.88. The molecule has 0 spiro atoms. The van der Waals surface area contributed by atoms with E-state index in [0.717, 1.165) is 11.3 Å². The molecule has 0 aliphatic carbocycles. The first-order chi connectivity index (χ1) is 13.9. The van der Waals surface area contributed by atoms with Gasteiger partial charge in [0.2, 0.25) is 0 Å². The van der Waals surface area contributed by atoms with Crippen LogP contribution in [0.4, 0.5) is 0 Å². The molecule has 4 rings (SSSR count). The van der Waals surface area contributed by atoms with Gasteiger partial charge in [0.05, 0.1) is 5.76 Å². The van der Waals surface area contributed by atoms with Crippen molar-refractivity contribution in [3.63, 3.8) is 0 Å². The standard InChI is InChI=1S/C21H16N.C5H8O2.Ir/c1-14(22-2)15-11-12-20-18-9-4-3-7-16(18)17-8-5-6-10-19(17)21(20)13-15;1-4(6)3-5(2)7;/h3-10,12-13H,1-2H3;3,6H,1-2H3;/q-1;;/b;4-3-;. The van der Waals surface area contributed by atoms with Crippen molar-refractivity contribution in [3.8, 4) is 0 Å². The summed E-state index contributed by atoms with van der Waals surface area (Å²) in [5.74, 6) is -0.0625. The zero-order valence-electron chi connectivity index (χ0n) is 17.5. The van der Waals surface area contributed by atoms with E-state index in [2.05, 4.69) is 71.7 Å². The molecule has 0 saturated carbocycles. The largest absolute Gasteiger partial charge is 0.512 e. The summed E-state index contributed by atoms with van der Waals surface area (Å²) in [5.41, 5.74) is 2.08. The molecule has 3 nitrogen and oxygen atoms in total. The summed E-state index contributed by atoms with van der Waals surface area (Å²) in [6.07, 6.45) is 1.17. The Kier molecular flexibility index (Phi) is 8.05. The number of allylic oxidation sites excluding steroid dienone is 2. The maximum absolute atomic E-state index is 10.0. The van der Waals surface area contributed by atoms with E-state index in [4.69, 9.17) is 5.11 Å². The Hall–Kier alpha value is -2.81. The van der Waals surface area contributed by atoms with Gasteiger partial charge in [0.25, 0.3) is 0 Å². The molecule has 0 atom stereocenters. The maximum Gasteiger partial charge on any atom is 0.155 e. The van der Waals surface area contributed by atoms with Crippen LogP contribution >= 0.6 is 0 Å². The third-order valence-electron chi connectivity index (χ3n) is 4.81. The van der Waals surface area contributed by atoms with Crippen LogP contribution in [0.1, 0.15) is 26.3 Å². The number of aliphatic hydroxyl groups excluding tert-OH is 1. The number of hydrogen-bond donors (Lipinski definition) is 1. The van der Waals surface area contributed by atoms with Gasteiger partial charge in [-0.3, -0.25) is 4.79 Å². The first-order valence-electron chi connectivity index (χ1n) is 9.49. The summed E-state index contributed by atoms with van der Waals surface area (Å²) in [7, 11) is 1.83. The second kappa shape index (κ2) is 10.3. The van der Waals surface area contributed by atoms with E-state index in [1.165, 1.54) is 52.2 Å². The van der Waals surface area contributed by atoms with Gasteiger partial charge < -0.3 is 10.1 Å². The zero-order valence-corrected chi connectivity index (χ0v) is 19.9. The topological polar surface area (TPSA) is 49.7 Å². The average Bonchev–Trinajstić information content (AvgIpc) is 2.72. The second-order valence-electron chi connectivity index (χ2n) is 6.97. The van der Waals surface area contributed by atoms with Crippen LogP contribution in [-0.2, 0) is 24.9 Å². The molecule has 4 heteroatoms. The molecule has 4 aromatic rings. The average molecular weight is 575 g/mol. The van der Waals surface area contributed by atoms with Crippen LogP contribution in [0, 0.1) is 6.07 Å². The van der Waals surface area contributed by atoms with E-state index < -0.39 is 0 Å². The number of hydrogen-bond acceptors (Lipinski definition) is 3. The van der Waals surface area contributed by atoms with Gasteiger partial charge in [0.1, 0.15) is 0 Å². The number of nitrogens with zero attached hydrogens (tertiary/aromatic N) is 1. The molecule has 0 aliphatic rings. The molecule has 0 saturated heterocycles. The first-order valence-corrected chi connectivity index (χ1v) is 9.49. The van der Waals surface area contributed by atoms with Gasteiger partial charge in [0, 0.05) is 33.2 Å². The summed E-state index contributed by atoms with van der Waals surface area (Å²) in [4.78, 5) is 14.3. The molecule has 0 aliphatic heterocycles. The van der Waals surface area contributed by atoms with Crippen LogP contribution in [0.5, 0.6) is 0 Å². The van der Waals surface area contributed by atoms with Gasteiger partial charge >= 0.3 is 0 Å². The van der Waals surface area contributed by atoms with E-state index in [0.29, 0.717) is 0 Å². The van der Waals surface area contributed by atoms with E-state index >= 15 is 0 Å². The third kappa shape index (κ3) is 5.02.